The first kappa shape index (κ1) is 11.0. The molecular weight excluding hydrogens is 154 g/mol. The fourth-order valence-corrected chi connectivity index (χ4v) is 0.751. The molecule has 3 nitrogen and oxygen atoms in total. The zero-order valence-corrected chi connectivity index (χ0v) is 8.02. The van der Waals surface area contributed by atoms with Crippen LogP contribution < -0.4 is 5.32 Å². The van der Waals surface area contributed by atoms with Crippen LogP contribution in [0.25, 0.3) is 0 Å². The zero-order chi connectivity index (χ0) is 9.40. The van der Waals surface area contributed by atoms with E-state index in [0.29, 0.717) is 6.61 Å². The quantitative estimate of drug-likeness (QED) is 0.502. The summed E-state index contributed by atoms with van der Waals surface area (Å²) in [5.74, 6) is -0.268. The predicted octanol–water partition coefficient (Wildman–Crippen LogP) is 1.45. The smallest absolute Gasteiger partial charge is 0.332 e. The van der Waals surface area contributed by atoms with Crippen molar-refractivity contribution >= 4 is 5.97 Å². The van der Waals surface area contributed by atoms with Gasteiger partial charge in [0.2, 0.25) is 0 Å². The van der Waals surface area contributed by atoms with E-state index in [2.05, 4.69) is 5.32 Å². The number of esters is 1. The summed E-state index contributed by atoms with van der Waals surface area (Å²) in [6.45, 7) is 7.11. The predicted molar refractivity (Wildman–Crippen MR) is 48.7 cm³/mol. The molecule has 0 heterocycles. The van der Waals surface area contributed by atoms with Crippen LogP contribution in [-0.2, 0) is 9.53 Å². The van der Waals surface area contributed by atoms with Gasteiger partial charge in [0.25, 0.3) is 0 Å². The van der Waals surface area contributed by atoms with Crippen molar-refractivity contribution in [2.75, 3.05) is 13.2 Å². The summed E-state index contributed by atoms with van der Waals surface area (Å²) >= 11 is 0. The van der Waals surface area contributed by atoms with Gasteiger partial charge in [0.1, 0.15) is 0 Å². The molecule has 0 aliphatic carbocycles. The third-order valence-corrected chi connectivity index (χ3v) is 1.24. The van der Waals surface area contributed by atoms with Gasteiger partial charge in [-0.15, -0.1) is 0 Å². The molecule has 0 fully saturated rings. The van der Waals surface area contributed by atoms with E-state index in [1.165, 1.54) is 6.08 Å². The maximum atomic E-state index is 10.9. The largest absolute Gasteiger partial charge is 0.462 e. The summed E-state index contributed by atoms with van der Waals surface area (Å²) in [6, 6.07) is 0. The minimum Gasteiger partial charge on any atom is -0.462 e. The normalized spacial score (nSPS) is 11.1. The molecule has 0 saturated heterocycles. The first-order chi connectivity index (χ1) is 5.70. The van der Waals surface area contributed by atoms with Crippen LogP contribution in [0.15, 0.2) is 11.8 Å². The van der Waals surface area contributed by atoms with Gasteiger partial charge < -0.3 is 10.1 Å². The minimum absolute atomic E-state index is 0.268. The Balaban J connectivity index is 3.71. The standard InChI is InChI=1S/C9H17NO2/c1-4-6-12-9(11)7-8(3)10-5-2/h7,10H,4-6H2,1-3H3. The molecule has 0 aromatic carbocycles. The van der Waals surface area contributed by atoms with E-state index in [4.69, 9.17) is 4.74 Å². The Hall–Kier alpha value is -0.990. The maximum absolute atomic E-state index is 10.9. The molecule has 0 amide bonds. The van der Waals surface area contributed by atoms with Crippen molar-refractivity contribution in [2.24, 2.45) is 0 Å². The number of carbonyl (C=O) groups excluding carboxylic acids is 1. The topological polar surface area (TPSA) is 38.3 Å². The summed E-state index contributed by atoms with van der Waals surface area (Å²) < 4.78 is 4.85. The molecule has 1 N–H and O–H groups in total. The van der Waals surface area contributed by atoms with E-state index in [1.807, 2.05) is 20.8 Å². The van der Waals surface area contributed by atoms with Crippen molar-refractivity contribution in [3.05, 3.63) is 11.8 Å². The summed E-state index contributed by atoms with van der Waals surface area (Å²) in [5, 5.41) is 3.01. The summed E-state index contributed by atoms with van der Waals surface area (Å²) in [4.78, 5) is 10.9. The molecule has 70 valence electrons. The van der Waals surface area contributed by atoms with Gasteiger partial charge in [-0.1, -0.05) is 6.92 Å². The lowest BCUT2D eigenvalue weighted by molar-refractivity contribution is -0.137. The van der Waals surface area contributed by atoms with Gasteiger partial charge in [0.15, 0.2) is 0 Å². The minimum atomic E-state index is -0.268. The van der Waals surface area contributed by atoms with Gasteiger partial charge in [-0.2, -0.15) is 0 Å². The SMILES string of the molecule is CCCOC(=O)C=C(C)NCC. The van der Waals surface area contributed by atoms with Crippen molar-refractivity contribution in [3.63, 3.8) is 0 Å². The Morgan fingerprint density at radius 1 is 1.50 bits per heavy atom. The van der Waals surface area contributed by atoms with Crippen molar-refractivity contribution in [1.82, 2.24) is 5.32 Å². The first-order valence-electron chi connectivity index (χ1n) is 4.29. The van der Waals surface area contributed by atoms with Crippen molar-refractivity contribution in [2.45, 2.75) is 27.2 Å². The average molecular weight is 171 g/mol. The van der Waals surface area contributed by atoms with E-state index in [-0.39, 0.29) is 5.97 Å². The molecule has 0 atom stereocenters. The summed E-state index contributed by atoms with van der Waals surface area (Å²) in [6.07, 6.45) is 2.33. The second-order valence-electron chi connectivity index (χ2n) is 2.53. The number of rotatable bonds is 5. The molecule has 3 heteroatoms. The van der Waals surface area contributed by atoms with Gasteiger partial charge in [-0.3, -0.25) is 0 Å². The second kappa shape index (κ2) is 6.70. The lowest BCUT2D eigenvalue weighted by Gasteiger charge is -2.02. The molecule has 0 rings (SSSR count). The average Bonchev–Trinajstić information content (AvgIpc) is 2.01. The van der Waals surface area contributed by atoms with Crippen LogP contribution in [-0.4, -0.2) is 19.1 Å². The zero-order valence-electron chi connectivity index (χ0n) is 8.02. The number of carbonyl (C=O) groups is 1. The van der Waals surface area contributed by atoms with E-state index >= 15 is 0 Å². The van der Waals surface area contributed by atoms with Gasteiger partial charge in [-0.05, 0) is 20.3 Å². The molecule has 0 bridgehead atoms. The van der Waals surface area contributed by atoms with Crippen molar-refractivity contribution in [1.29, 1.82) is 0 Å². The monoisotopic (exact) mass is 171 g/mol. The number of nitrogens with one attached hydrogen (secondary N) is 1. The highest BCUT2D eigenvalue weighted by molar-refractivity contribution is 5.82. The molecule has 0 saturated carbocycles. The lowest BCUT2D eigenvalue weighted by Crippen LogP contribution is -2.12. The van der Waals surface area contributed by atoms with Crippen LogP contribution in [0.5, 0.6) is 0 Å². The maximum Gasteiger partial charge on any atom is 0.332 e. The Morgan fingerprint density at radius 2 is 2.17 bits per heavy atom. The van der Waals surface area contributed by atoms with E-state index in [9.17, 15) is 4.79 Å². The van der Waals surface area contributed by atoms with E-state index in [1.54, 1.807) is 0 Å². The third kappa shape index (κ3) is 5.77. The van der Waals surface area contributed by atoms with Crippen molar-refractivity contribution in [3.8, 4) is 0 Å². The van der Waals surface area contributed by atoms with Crippen LogP contribution in [0.4, 0.5) is 0 Å². The molecule has 0 radical (unpaired) electrons. The summed E-state index contributed by atoms with van der Waals surface area (Å²) in [7, 11) is 0. The Morgan fingerprint density at radius 3 is 2.67 bits per heavy atom. The number of ether oxygens (including phenoxy) is 1. The second-order valence-corrected chi connectivity index (χ2v) is 2.53. The molecule has 0 aromatic rings. The van der Waals surface area contributed by atoms with Gasteiger partial charge >= 0.3 is 5.97 Å². The van der Waals surface area contributed by atoms with Crippen LogP contribution in [0.3, 0.4) is 0 Å². The number of allylic oxidation sites excluding steroid dienone is 1. The van der Waals surface area contributed by atoms with Crippen LogP contribution >= 0.6 is 0 Å². The van der Waals surface area contributed by atoms with Gasteiger partial charge in [0.05, 0.1) is 6.61 Å². The summed E-state index contributed by atoms with van der Waals surface area (Å²) in [5.41, 5.74) is 0.846. The number of hydrogen-bond acceptors (Lipinski definition) is 3. The highest BCUT2D eigenvalue weighted by Gasteiger charge is 1.96. The van der Waals surface area contributed by atoms with Gasteiger partial charge in [0, 0.05) is 18.3 Å². The first-order valence-corrected chi connectivity index (χ1v) is 4.29. The fourth-order valence-electron chi connectivity index (χ4n) is 0.751. The Bertz CT molecular complexity index is 164. The van der Waals surface area contributed by atoms with Gasteiger partial charge in [-0.25, -0.2) is 4.79 Å². The van der Waals surface area contributed by atoms with Crippen molar-refractivity contribution < 1.29 is 9.53 Å². The molecule has 0 unspecified atom stereocenters. The highest BCUT2D eigenvalue weighted by Crippen LogP contribution is 1.89. The molecule has 0 spiro atoms. The molecule has 12 heavy (non-hydrogen) atoms. The van der Waals surface area contributed by atoms with Crippen LogP contribution in [0.1, 0.15) is 27.2 Å². The molecule has 0 aromatic heterocycles. The van der Waals surface area contributed by atoms with E-state index in [0.717, 1.165) is 18.7 Å². The molecular formula is C9H17NO2. The number of hydrogen-bond donors (Lipinski definition) is 1. The fraction of sp³-hybridized carbons (Fsp3) is 0.667. The third-order valence-electron chi connectivity index (χ3n) is 1.24. The van der Waals surface area contributed by atoms with E-state index < -0.39 is 0 Å². The molecule has 0 aliphatic heterocycles. The van der Waals surface area contributed by atoms with Crippen LogP contribution in [0, 0.1) is 0 Å². The molecule has 0 aliphatic rings. The lowest BCUT2D eigenvalue weighted by atomic mass is 10.4. The highest BCUT2D eigenvalue weighted by atomic mass is 16.5. The van der Waals surface area contributed by atoms with Crippen LogP contribution in [0.2, 0.25) is 0 Å². The Labute approximate surface area is 73.8 Å². The Kier molecular flexibility index (Phi) is 6.15.